The van der Waals surface area contributed by atoms with Gasteiger partial charge in [-0.3, -0.25) is 34.4 Å². The Morgan fingerprint density at radius 1 is 0.897 bits per heavy atom. The first-order valence-electron chi connectivity index (χ1n) is 32.4. The van der Waals surface area contributed by atoms with Gasteiger partial charge in [0, 0.05) is 78.8 Å². The van der Waals surface area contributed by atoms with Crippen molar-refractivity contribution < 1.29 is 76.6 Å². The lowest BCUT2D eigenvalue weighted by Crippen LogP contribution is -2.57. The molecule has 1 saturated heterocycles. The molecule has 6 aromatic rings. The number of hydrogen-bond acceptors (Lipinski definition) is 18. The van der Waals surface area contributed by atoms with Gasteiger partial charge in [-0.15, -0.1) is 0 Å². The van der Waals surface area contributed by atoms with Crippen molar-refractivity contribution in [2.24, 2.45) is 32.4 Å². The summed E-state index contributed by atoms with van der Waals surface area (Å²) in [5.41, 5.74) is 9.80. The van der Waals surface area contributed by atoms with Crippen molar-refractivity contribution in [3.63, 3.8) is 0 Å². The van der Waals surface area contributed by atoms with Crippen molar-refractivity contribution in [1.82, 2.24) is 25.1 Å². The number of thiazole rings is 1. The molecule has 4 saturated carbocycles. The van der Waals surface area contributed by atoms with Gasteiger partial charge in [0.2, 0.25) is 18.6 Å². The van der Waals surface area contributed by atoms with Crippen LogP contribution < -0.4 is 21.1 Å². The zero-order valence-corrected chi connectivity index (χ0v) is 56.1. The first-order chi connectivity index (χ1) is 46.4. The number of aliphatic hydroxyl groups is 1. The summed E-state index contributed by atoms with van der Waals surface area (Å²) in [7, 11) is 0. The van der Waals surface area contributed by atoms with E-state index in [0.29, 0.717) is 88.4 Å². The van der Waals surface area contributed by atoms with Crippen LogP contribution >= 0.6 is 11.3 Å². The maximum absolute atomic E-state index is 14.2. The Morgan fingerprint density at radius 3 is 2.45 bits per heavy atom. The van der Waals surface area contributed by atoms with Gasteiger partial charge in [0.25, 0.3) is 11.8 Å². The average molecular weight is 1370 g/mol. The molecule has 1 spiro atoms. The molecule has 4 aliphatic carbocycles. The summed E-state index contributed by atoms with van der Waals surface area (Å²) >= 11 is -0.884. The van der Waals surface area contributed by atoms with E-state index in [1.807, 2.05) is 55.5 Å². The molecule has 5 aliphatic rings. The largest absolute Gasteiger partial charge is 0.479 e. The number of nitrogens with zero attached hydrogens (tertiary/aromatic N) is 5. The molecule has 9 unspecified atom stereocenters. The summed E-state index contributed by atoms with van der Waals surface area (Å²) in [6.07, 6.45) is 6.51. The average Bonchev–Trinajstić information content (AvgIpc) is 1.46. The Hall–Kier alpha value is -8.79. The van der Waals surface area contributed by atoms with E-state index >= 15 is 0 Å². The van der Waals surface area contributed by atoms with Crippen molar-refractivity contribution in [3.8, 4) is 17.0 Å². The van der Waals surface area contributed by atoms with Crippen LogP contribution in [-0.4, -0.2) is 161 Å². The Kier molecular flexibility index (Phi) is 20.6. The van der Waals surface area contributed by atoms with Gasteiger partial charge >= 0.3 is 18.0 Å². The second kappa shape index (κ2) is 28.7. The summed E-state index contributed by atoms with van der Waals surface area (Å²) in [6, 6.07) is 27.2. The number of aliphatic carboxylic acids is 1. The zero-order chi connectivity index (χ0) is 69.0. The van der Waals surface area contributed by atoms with Crippen LogP contribution in [0.5, 0.6) is 5.75 Å². The number of allylic oxidation sites excluding steroid dienone is 2. The number of aromatic carboxylic acids is 1. The van der Waals surface area contributed by atoms with Crippen molar-refractivity contribution >= 4 is 102 Å². The Bertz CT molecular complexity index is 4160. The lowest BCUT2D eigenvalue weighted by atomic mass is 9.40. The lowest BCUT2D eigenvalue weighted by molar-refractivity contribution is -0.195. The smallest absolute Gasteiger partial charge is 0.410 e. The highest BCUT2D eigenvalue weighted by atomic mass is 32.2. The van der Waals surface area contributed by atoms with E-state index in [1.165, 1.54) is 34.6 Å². The summed E-state index contributed by atoms with van der Waals surface area (Å²) in [4.78, 5) is 106. The van der Waals surface area contributed by atoms with Crippen LogP contribution in [0.1, 0.15) is 129 Å². The number of aryl methyl sites for hydroxylation is 1. The van der Waals surface area contributed by atoms with E-state index in [4.69, 9.17) is 34.7 Å². The van der Waals surface area contributed by atoms with Gasteiger partial charge in [-0.25, -0.2) is 28.6 Å². The number of amides is 5. The normalized spacial score (nSPS) is 25.1. The Balaban J connectivity index is 0.755. The fourth-order valence-electron chi connectivity index (χ4n) is 16.4. The molecular weight excluding hydrogens is 1280 g/mol. The second-order valence-corrected chi connectivity index (χ2v) is 29.0. The third-order valence-electron chi connectivity index (χ3n) is 20.2. The van der Waals surface area contributed by atoms with Gasteiger partial charge in [-0.1, -0.05) is 79.8 Å². The number of aliphatic hydroxyl groups excluding tert-OH is 1. The second-order valence-electron chi connectivity index (χ2n) is 26.9. The molecule has 4 aromatic carbocycles. The number of unbranched alkanes of at least 4 members (excludes halogenated alkanes) is 1. The minimum Gasteiger partial charge on any atom is -0.479 e. The number of carboxylic acid groups (broad SMARTS) is 2. The highest BCUT2D eigenvalue weighted by Crippen LogP contribution is 2.89. The summed E-state index contributed by atoms with van der Waals surface area (Å²) in [5, 5.41) is 38.6. The standard InChI is InChI=1S/C71H80N8O16S2/c1-5-11-59(83)79(42-80)33-58(82)73-23-9-8-12-44-17-18-47(55(28-44)94-60-31-48(81)30-56(95-60)63(85)86)34-92-66(89)78(25-27-97(90)91)24-26-93-70-37-68(4)35-67(3)36-69(38-70,39-71(67,68)40-70)41-74-43(2)52(32-72)49-21-22-53(75-61(49)64(87)88)46-20-19-45-13-10-14-50(51(45)29-46)62(84)77-65-76-54-15-6-7-16-57(54)96-65/h5-7,10-11,13-22,28-29,32,42,48,56,60,81H,8-9,12,23-27,30-31,33-41,72H2,1-4H3,(H,73,82)(H,85,86)(H,87,88)(H,90,91)(H,76,77,84)/b11-5-,52-32?,74-43?. The highest BCUT2D eigenvalue weighted by molar-refractivity contribution is 7.79. The Labute approximate surface area is 567 Å². The minimum absolute atomic E-state index is 0.0133. The molecule has 26 heteroatoms. The summed E-state index contributed by atoms with van der Waals surface area (Å²) < 4.78 is 47.9. The number of fused-ring (bicyclic) bond motifs is 4. The summed E-state index contributed by atoms with van der Waals surface area (Å²) in [5.74, 6) is -4.05. The van der Waals surface area contributed by atoms with Crippen LogP contribution in [0.2, 0.25) is 0 Å². The number of carboxylic acids is 2. The number of ether oxygens (including phenoxy) is 4. The van der Waals surface area contributed by atoms with Gasteiger partial charge in [0.05, 0.1) is 40.0 Å². The first kappa shape index (κ1) is 69.6. The van der Waals surface area contributed by atoms with E-state index in [2.05, 4.69) is 29.5 Å². The molecule has 5 amide bonds. The molecule has 8 N–H and O–H groups in total. The number of anilines is 1. The molecule has 9 atom stereocenters. The SMILES string of the molecule is C/C=C\C(=O)N(C=O)CC(=O)NCCCCc1ccc(COC(=O)N(CCOC23CC4(CN=C(C)C(=CN)c5ccc(-c6ccc7cccc(C(=O)Nc8nc9ccccc9s8)c7c6)nc5C(=O)O)CC5(C)CC(C)(C2)C5(C4)C3)CCS(=O)O)c(OC2CC(O)CC(C(=O)O)O2)c1. The highest BCUT2D eigenvalue weighted by Gasteiger charge is 2.84. The fourth-order valence-corrected chi connectivity index (χ4v) is 17.6. The number of imide groups is 1. The topological polar surface area (TPSA) is 349 Å². The van der Waals surface area contributed by atoms with Crippen LogP contribution in [0.15, 0.2) is 114 Å². The maximum atomic E-state index is 14.2. The van der Waals surface area contributed by atoms with Gasteiger partial charge in [-0.05, 0) is 158 Å². The van der Waals surface area contributed by atoms with E-state index in [-0.39, 0.29) is 90.5 Å². The van der Waals surface area contributed by atoms with Gasteiger partial charge in [0.15, 0.2) is 28.0 Å². The number of benzene rings is 4. The lowest BCUT2D eigenvalue weighted by Gasteiger charge is -2.64. The number of para-hydroxylation sites is 1. The predicted molar refractivity (Wildman–Crippen MR) is 364 cm³/mol. The van der Waals surface area contributed by atoms with E-state index < -0.39 is 71.6 Å². The predicted octanol–water partition coefficient (Wildman–Crippen LogP) is 9.55. The number of aliphatic imine (C=N–C) groups is 1. The van der Waals surface area contributed by atoms with Crippen LogP contribution in [0.25, 0.3) is 37.8 Å². The number of nitrogens with one attached hydrogen (secondary N) is 2. The van der Waals surface area contributed by atoms with Gasteiger partial charge in [-0.2, -0.15) is 0 Å². The molecule has 3 bridgehead atoms. The molecule has 2 aromatic heterocycles. The molecule has 11 rings (SSSR count). The van der Waals surface area contributed by atoms with Crippen molar-refractivity contribution in [1.29, 1.82) is 0 Å². The third kappa shape index (κ3) is 14.7. The van der Waals surface area contributed by atoms with Crippen LogP contribution in [0.3, 0.4) is 0 Å². The first-order valence-corrected chi connectivity index (χ1v) is 34.5. The minimum atomic E-state index is -2.26. The molecular formula is C71H80N8O16S2. The number of carbonyl (C=O) groups is 7. The third-order valence-corrected chi connectivity index (χ3v) is 21.7. The number of nitrogens with two attached hydrogens (primary N) is 1. The number of hydrogen-bond donors (Lipinski definition) is 7. The molecule has 0 radical (unpaired) electrons. The van der Waals surface area contributed by atoms with Crippen LogP contribution in [-0.2, 0) is 57.5 Å². The number of aromatic nitrogens is 2. The molecule has 97 heavy (non-hydrogen) atoms. The zero-order valence-electron chi connectivity index (χ0n) is 54.5. The molecule has 512 valence electrons. The van der Waals surface area contributed by atoms with E-state index in [1.54, 1.807) is 49.4 Å². The van der Waals surface area contributed by atoms with Crippen molar-refractivity contribution in [2.45, 2.75) is 129 Å². The van der Waals surface area contributed by atoms with E-state index in [9.17, 15) is 57.6 Å². The van der Waals surface area contributed by atoms with Crippen molar-refractivity contribution in [2.75, 3.05) is 50.4 Å². The van der Waals surface area contributed by atoms with Crippen LogP contribution in [0, 0.1) is 21.7 Å². The number of carbonyl (C=O) groups excluding carboxylic acids is 5. The van der Waals surface area contributed by atoms with Gasteiger partial charge < -0.3 is 54.8 Å². The number of rotatable bonds is 29. The summed E-state index contributed by atoms with van der Waals surface area (Å²) in [6.45, 7) is 8.04. The van der Waals surface area contributed by atoms with Gasteiger partial charge in [0.1, 0.15) is 18.9 Å². The molecule has 1 aliphatic heterocycles. The fraction of sp³-hybridized carbons (Fsp3) is 0.437. The monoisotopic (exact) mass is 1360 g/mol. The van der Waals surface area contributed by atoms with Crippen molar-refractivity contribution in [3.05, 3.63) is 137 Å². The quantitative estimate of drug-likeness (QED) is 0.00755. The molecule has 5 fully saturated rings. The van der Waals surface area contributed by atoms with E-state index in [0.717, 1.165) is 58.2 Å². The number of pyridine rings is 1. The Morgan fingerprint density at radius 2 is 1.70 bits per heavy atom. The molecule has 3 heterocycles. The molecule has 24 nitrogen and oxygen atoms in total. The maximum Gasteiger partial charge on any atom is 0.410 e. The van der Waals surface area contributed by atoms with Crippen LogP contribution in [0.4, 0.5) is 9.93 Å².